The van der Waals surface area contributed by atoms with Crippen LogP contribution >= 0.6 is 0 Å². The van der Waals surface area contributed by atoms with Gasteiger partial charge in [-0.15, -0.1) is 0 Å². The number of carbonyl (C=O) groups excluding carboxylic acids is 2. The average molecular weight is 391 g/mol. The van der Waals surface area contributed by atoms with E-state index in [0.717, 1.165) is 0 Å². The molecule has 3 aromatic carbocycles. The molecule has 0 fully saturated rings. The number of halogens is 1. The van der Waals surface area contributed by atoms with E-state index in [1.807, 2.05) is 24.3 Å². The number of carbonyl (C=O) groups is 2. The molecule has 5 nitrogen and oxygen atoms in total. The maximum Gasteiger partial charge on any atom is 0.318 e. The van der Waals surface area contributed by atoms with Crippen LogP contribution in [0, 0.1) is 5.82 Å². The van der Waals surface area contributed by atoms with E-state index in [0.29, 0.717) is 22.6 Å². The summed E-state index contributed by atoms with van der Waals surface area (Å²) in [5.74, 6) is -1.35. The highest BCUT2D eigenvalue weighted by atomic mass is 19.1. The minimum Gasteiger partial charge on any atom is -0.457 e. The Morgan fingerprint density at radius 2 is 1.48 bits per heavy atom. The van der Waals surface area contributed by atoms with E-state index in [1.165, 1.54) is 25.1 Å². The van der Waals surface area contributed by atoms with E-state index in [1.54, 1.807) is 30.3 Å². The first-order chi connectivity index (χ1) is 14.0. The highest BCUT2D eigenvalue weighted by molar-refractivity contribution is 5.96. The topological polar surface area (TPSA) is 64.6 Å². The number of amides is 1. The molecule has 1 aliphatic heterocycles. The van der Waals surface area contributed by atoms with E-state index >= 15 is 0 Å². The van der Waals surface area contributed by atoms with E-state index in [4.69, 9.17) is 9.47 Å². The lowest BCUT2D eigenvalue weighted by atomic mass is 9.88. The zero-order valence-electron chi connectivity index (χ0n) is 15.6. The third kappa shape index (κ3) is 3.69. The van der Waals surface area contributed by atoms with Gasteiger partial charge in [0, 0.05) is 11.1 Å². The summed E-state index contributed by atoms with van der Waals surface area (Å²) < 4.78 is 25.1. The van der Waals surface area contributed by atoms with Gasteiger partial charge in [-0.25, -0.2) is 4.39 Å². The van der Waals surface area contributed by atoms with Gasteiger partial charge in [-0.1, -0.05) is 48.5 Å². The number of hydrogen-bond donors (Lipinski definition) is 1. The molecule has 29 heavy (non-hydrogen) atoms. The number of rotatable bonds is 4. The molecule has 0 spiro atoms. The normalized spacial score (nSPS) is 13.4. The Morgan fingerprint density at radius 3 is 2.10 bits per heavy atom. The Labute approximate surface area is 167 Å². The number of ether oxygens (including phenoxy) is 2. The number of nitrogens with one attached hydrogen (secondary N) is 1. The van der Waals surface area contributed by atoms with E-state index < -0.39 is 29.7 Å². The van der Waals surface area contributed by atoms with Crippen LogP contribution in [0.3, 0.4) is 0 Å². The zero-order valence-corrected chi connectivity index (χ0v) is 15.6. The number of benzene rings is 3. The summed E-state index contributed by atoms with van der Waals surface area (Å²) in [6.07, 6.45) is -1.11. The molecule has 0 aromatic heterocycles. The molecule has 0 bridgehead atoms. The summed E-state index contributed by atoms with van der Waals surface area (Å²) >= 11 is 0. The van der Waals surface area contributed by atoms with Crippen LogP contribution in [0.15, 0.2) is 72.8 Å². The first-order valence-corrected chi connectivity index (χ1v) is 9.16. The van der Waals surface area contributed by atoms with E-state index in [2.05, 4.69) is 5.32 Å². The molecule has 6 heteroatoms. The van der Waals surface area contributed by atoms with Gasteiger partial charge in [0.25, 0.3) is 5.91 Å². The monoisotopic (exact) mass is 391 g/mol. The van der Waals surface area contributed by atoms with Gasteiger partial charge < -0.3 is 14.8 Å². The molecule has 0 saturated heterocycles. The predicted octanol–water partition coefficient (Wildman–Crippen LogP) is 4.63. The first kappa shape index (κ1) is 18.7. The van der Waals surface area contributed by atoms with Gasteiger partial charge in [0.05, 0.1) is 5.69 Å². The van der Waals surface area contributed by atoms with Crippen molar-refractivity contribution < 1.29 is 23.5 Å². The van der Waals surface area contributed by atoms with Crippen molar-refractivity contribution in [3.05, 3.63) is 89.7 Å². The second kappa shape index (κ2) is 7.75. The molecule has 1 N–H and O–H groups in total. The van der Waals surface area contributed by atoms with Crippen LogP contribution in [0.5, 0.6) is 11.5 Å². The Balaban J connectivity index is 1.55. The van der Waals surface area contributed by atoms with Crippen LogP contribution in [0.25, 0.3) is 0 Å². The van der Waals surface area contributed by atoms with Crippen molar-refractivity contribution in [2.75, 3.05) is 5.32 Å². The predicted molar refractivity (Wildman–Crippen MR) is 105 cm³/mol. The Hall–Kier alpha value is -3.67. The van der Waals surface area contributed by atoms with Crippen molar-refractivity contribution in [3.63, 3.8) is 0 Å². The van der Waals surface area contributed by atoms with Crippen molar-refractivity contribution in [3.8, 4) is 11.5 Å². The van der Waals surface area contributed by atoms with Gasteiger partial charge in [0.15, 0.2) is 6.10 Å². The third-order valence-electron chi connectivity index (χ3n) is 4.71. The summed E-state index contributed by atoms with van der Waals surface area (Å²) in [4.78, 5) is 25.4. The van der Waals surface area contributed by atoms with Crippen molar-refractivity contribution in [1.29, 1.82) is 0 Å². The summed E-state index contributed by atoms with van der Waals surface area (Å²) in [7, 11) is 0. The third-order valence-corrected chi connectivity index (χ3v) is 4.71. The molecule has 1 heterocycles. The second-order valence-electron chi connectivity index (χ2n) is 6.66. The zero-order chi connectivity index (χ0) is 20.4. The molecule has 1 aliphatic rings. The molecular weight excluding hydrogens is 373 g/mol. The van der Waals surface area contributed by atoms with Gasteiger partial charge in [0.2, 0.25) is 0 Å². The van der Waals surface area contributed by atoms with Crippen LogP contribution < -0.4 is 10.1 Å². The van der Waals surface area contributed by atoms with Gasteiger partial charge in [-0.2, -0.15) is 0 Å². The van der Waals surface area contributed by atoms with Crippen LogP contribution in [-0.4, -0.2) is 18.0 Å². The lowest BCUT2D eigenvalue weighted by Gasteiger charge is -2.27. The molecule has 1 amide bonds. The smallest absolute Gasteiger partial charge is 0.318 e. The van der Waals surface area contributed by atoms with Gasteiger partial charge in [0.1, 0.15) is 23.2 Å². The van der Waals surface area contributed by atoms with Crippen molar-refractivity contribution in [2.45, 2.75) is 18.9 Å². The number of hydrogen-bond acceptors (Lipinski definition) is 4. The maximum absolute atomic E-state index is 13.8. The number of anilines is 1. The Bertz CT molecular complexity index is 1040. The Morgan fingerprint density at radius 1 is 0.931 bits per heavy atom. The van der Waals surface area contributed by atoms with E-state index in [-0.39, 0.29) is 5.69 Å². The molecule has 0 radical (unpaired) electrons. The Kier molecular flexibility index (Phi) is 4.99. The molecule has 4 rings (SSSR count). The second-order valence-corrected chi connectivity index (χ2v) is 6.66. The number of para-hydroxylation sites is 3. The lowest BCUT2D eigenvalue weighted by molar-refractivity contribution is -0.153. The first-order valence-electron chi connectivity index (χ1n) is 9.16. The molecule has 3 aromatic rings. The molecular formula is C23H18FNO4. The fourth-order valence-electron chi connectivity index (χ4n) is 3.26. The van der Waals surface area contributed by atoms with Crippen LogP contribution in [0.1, 0.15) is 24.0 Å². The summed E-state index contributed by atoms with van der Waals surface area (Å²) in [5.41, 5.74) is 1.36. The maximum atomic E-state index is 13.8. The fourth-order valence-corrected chi connectivity index (χ4v) is 3.26. The number of fused-ring (bicyclic) bond motifs is 2. The summed E-state index contributed by atoms with van der Waals surface area (Å²) in [6, 6.07) is 20.2. The molecule has 0 unspecified atom stereocenters. The van der Waals surface area contributed by atoms with Crippen LogP contribution in [-0.2, 0) is 14.3 Å². The van der Waals surface area contributed by atoms with Gasteiger partial charge in [-0.05, 0) is 31.2 Å². The van der Waals surface area contributed by atoms with Crippen LogP contribution in [0.2, 0.25) is 0 Å². The average Bonchev–Trinajstić information content (AvgIpc) is 2.73. The van der Waals surface area contributed by atoms with Crippen molar-refractivity contribution in [2.24, 2.45) is 0 Å². The van der Waals surface area contributed by atoms with Crippen LogP contribution in [0.4, 0.5) is 10.1 Å². The highest BCUT2D eigenvalue weighted by Gasteiger charge is 2.35. The highest BCUT2D eigenvalue weighted by Crippen LogP contribution is 2.44. The standard InChI is InChI=1S/C23H18FNO4/c1-14(22(26)25-18-11-5-4-10-17(18)24)28-23(27)21-15-8-2-6-12-19(15)29-20-13-7-3-9-16(20)21/h2-14,21H,1H3,(H,25,26)/t14-/m1/s1. The molecule has 0 aliphatic carbocycles. The SMILES string of the molecule is C[C@@H](OC(=O)C1c2ccccc2Oc2ccccc21)C(=O)Nc1ccccc1F. The minimum absolute atomic E-state index is 0.0298. The molecule has 0 saturated carbocycles. The van der Waals surface area contributed by atoms with Crippen molar-refractivity contribution in [1.82, 2.24) is 0 Å². The van der Waals surface area contributed by atoms with Gasteiger partial charge in [-0.3, -0.25) is 9.59 Å². The minimum atomic E-state index is -1.11. The van der Waals surface area contributed by atoms with Crippen molar-refractivity contribution >= 4 is 17.6 Å². The summed E-state index contributed by atoms with van der Waals surface area (Å²) in [6.45, 7) is 1.45. The molecule has 1 atom stereocenters. The summed E-state index contributed by atoms with van der Waals surface area (Å²) in [5, 5.41) is 2.44. The van der Waals surface area contributed by atoms with Gasteiger partial charge >= 0.3 is 5.97 Å². The fraction of sp³-hybridized carbons (Fsp3) is 0.130. The quantitative estimate of drug-likeness (QED) is 0.659. The van der Waals surface area contributed by atoms with E-state index in [9.17, 15) is 14.0 Å². The molecule has 146 valence electrons. The number of esters is 1. The largest absolute Gasteiger partial charge is 0.457 e. The lowest BCUT2D eigenvalue weighted by Crippen LogP contribution is -2.33.